The summed E-state index contributed by atoms with van der Waals surface area (Å²) in [5.74, 6) is 1.65. The molecule has 2 unspecified atom stereocenters. The first-order valence-electron chi connectivity index (χ1n) is 4.66. The largest absolute Gasteiger partial charge is 0.497 e. The minimum absolute atomic E-state index is 0.688. The maximum Gasteiger partial charge on any atom is 0.118 e. The van der Waals surface area contributed by atoms with E-state index in [0.29, 0.717) is 6.04 Å². The molecule has 2 rings (SSSR count). The van der Waals surface area contributed by atoms with E-state index in [9.17, 15) is 0 Å². The second-order valence-electron chi connectivity index (χ2n) is 3.51. The van der Waals surface area contributed by atoms with Gasteiger partial charge in [-0.3, -0.25) is 0 Å². The highest BCUT2D eigenvalue weighted by Gasteiger charge is 2.36. The first kappa shape index (κ1) is 8.57. The Bertz CT molecular complexity index is 281. The summed E-state index contributed by atoms with van der Waals surface area (Å²) in [6.07, 6.45) is 1.27. The van der Waals surface area contributed by atoms with Crippen molar-refractivity contribution in [1.29, 1.82) is 0 Å². The smallest absolute Gasteiger partial charge is 0.118 e. The molecule has 0 spiro atoms. The highest BCUT2D eigenvalue weighted by Crippen LogP contribution is 2.40. The van der Waals surface area contributed by atoms with Gasteiger partial charge in [-0.2, -0.15) is 0 Å². The molecule has 1 fully saturated rings. The quantitative estimate of drug-likeness (QED) is 0.759. The zero-order chi connectivity index (χ0) is 9.26. The van der Waals surface area contributed by atoms with E-state index in [2.05, 4.69) is 17.4 Å². The topological polar surface area (TPSA) is 21.3 Å². The predicted octanol–water partition coefficient (Wildman–Crippen LogP) is 1.77. The van der Waals surface area contributed by atoms with Crippen LogP contribution in [0.1, 0.15) is 17.9 Å². The molecule has 0 amide bonds. The van der Waals surface area contributed by atoms with Gasteiger partial charge in [-0.25, -0.2) is 0 Å². The average molecular weight is 177 g/mol. The van der Waals surface area contributed by atoms with Crippen molar-refractivity contribution in [3.63, 3.8) is 0 Å². The number of likely N-dealkylation sites (N-methyl/N-ethyl adjacent to an activating group) is 1. The highest BCUT2D eigenvalue weighted by molar-refractivity contribution is 5.33. The van der Waals surface area contributed by atoms with E-state index in [0.717, 1.165) is 11.7 Å². The molecule has 1 aliphatic rings. The lowest BCUT2D eigenvalue weighted by atomic mass is 10.1. The SMILES string of the molecule is CNC1CC1c1ccc(OC)cc1. The first-order chi connectivity index (χ1) is 6.35. The predicted molar refractivity (Wildman–Crippen MR) is 53.2 cm³/mol. The van der Waals surface area contributed by atoms with Gasteiger partial charge in [-0.15, -0.1) is 0 Å². The Morgan fingerprint density at radius 1 is 1.31 bits per heavy atom. The van der Waals surface area contributed by atoms with E-state index >= 15 is 0 Å². The molecule has 70 valence electrons. The fourth-order valence-electron chi connectivity index (χ4n) is 1.73. The second kappa shape index (κ2) is 3.38. The van der Waals surface area contributed by atoms with Crippen molar-refractivity contribution in [1.82, 2.24) is 5.32 Å². The molecule has 1 aromatic carbocycles. The molecule has 0 bridgehead atoms. The monoisotopic (exact) mass is 177 g/mol. The molecular formula is C11H15NO. The normalized spacial score (nSPS) is 25.7. The molecule has 2 atom stereocenters. The molecule has 0 aliphatic heterocycles. The number of methoxy groups -OCH3 is 1. The van der Waals surface area contributed by atoms with Crippen molar-refractivity contribution in [3.05, 3.63) is 29.8 Å². The van der Waals surface area contributed by atoms with Gasteiger partial charge < -0.3 is 10.1 Å². The number of rotatable bonds is 3. The number of hydrogen-bond acceptors (Lipinski definition) is 2. The van der Waals surface area contributed by atoms with E-state index in [4.69, 9.17) is 4.74 Å². The van der Waals surface area contributed by atoms with Crippen LogP contribution in [-0.2, 0) is 0 Å². The molecule has 0 saturated heterocycles. The summed E-state index contributed by atoms with van der Waals surface area (Å²) < 4.78 is 5.11. The van der Waals surface area contributed by atoms with Crippen LogP contribution in [0.3, 0.4) is 0 Å². The van der Waals surface area contributed by atoms with Crippen molar-refractivity contribution in [2.45, 2.75) is 18.4 Å². The Morgan fingerprint density at radius 2 is 2.00 bits per heavy atom. The zero-order valence-electron chi connectivity index (χ0n) is 8.08. The van der Waals surface area contributed by atoms with Gasteiger partial charge >= 0.3 is 0 Å². The summed E-state index contributed by atoms with van der Waals surface area (Å²) in [6.45, 7) is 0. The van der Waals surface area contributed by atoms with Gasteiger partial charge in [0.2, 0.25) is 0 Å². The summed E-state index contributed by atoms with van der Waals surface area (Å²) in [4.78, 5) is 0. The molecule has 1 aliphatic carbocycles. The fourth-order valence-corrected chi connectivity index (χ4v) is 1.73. The van der Waals surface area contributed by atoms with E-state index in [1.807, 2.05) is 19.2 Å². The highest BCUT2D eigenvalue weighted by atomic mass is 16.5. The Morgan fingerprint density at radius 3 is 2.46 bits per heavy atom. The molecule has 1 saturated carbocycles. The van der Waals surface area contributed by atoms with Crippen LogP contribution in [0.15, 0.2) is 24.3 Å². The third-order valence-corrected chi connectivity index (χ3v) is 2.71. The third-order valence-electron chi connectivity index (χ3n) is 2.71. The summed E-state index contributed by atoms with van der Waals surface area (Å²) in [7, 11) is 3.72. The van der Waals surface area contributed by atoms with Crippen LogP contribution >= 0.6 is 0 Å². The van der Waals surface area contributed by atoms with E-state index in [1.54, 1.807) is 7.11 Å². The molecule has 1 N–H and O–H groups in total. The number of ether oxygens (including phenoxy) is 1. The van der Waals surface area contributed by atoms with E-state index in [-0.39, 0.29) is 0 Å². The molecule has 1 aromatic rings. The van der Waals surface area contributed by atoms with Gasteiger partial charge in [0.25, 0.3) is 0 Å². The Balaban J connectivity index is 2.07. The first-order valence-corrected chi connectivity index (χ1v) is 4.66. The summed E-state index contributed by atoms with van der Waals surface area (Å²) in [6, 6.07) is 9.05. The van der Waals surface area contributed by atoms with E-state index < -0.39 is 0 Å². The van der Waals surface area contributed by atoms with Crippen LogP contribution in [0.4, 0.5) is 0 Å². The van der Waals surface area contributed by atoms with Crippen LogP contribution < -0.4 is 10.1 Å². The number of hydrogen-bond donors (Lipinski definition) is 1. The van der Waals surface area contributed by atoms with Gasteiger partial charge in [0.15, 0.2) is 0 Å². The Labute approximate surface area is 78.9 Å². The standard InChI is InChI=1S/C11H15NO/c1-12-11-7-10(11)8-3-5-9(13-2)6-4-8/h3-6,10-12H,7H2,1-2H3. The van der Waals surface area contributed by atoms with Crippen molar-refractivity contribution in [2.24, 2.45) is 0 Å². The van der Waals surface area contributed by atoms with Gasteiger partial charge in [0.05, 0.1) is 7.11 Å². The lowest BCUT2D eigenvalue weighted by molar-refractivity contribution is 0.414. The number of benzene rings is 1. The second-order valence-corrected chi connectivity index (χ2v) is 3.51. The summed E-state index contributed by atoms with van der Waals surface area (Å²) >= 11 is 0. The zero-order valence-corrected chi connectivity index (χ0v) is 8.08. The Kier molecular flexibility index (Phi) is 2.23. The maximum atomic E-state index is 5.11. The van der Waals surface area contributed by atoms with Gasteiger partial charge in [0.1, 0.15) is 5.75 Å². The fraction of sp³-hybridized carbons (Fsp3) is 0.455. The van der Waals surface area contributed by atoms with Gasteiger partial charge in [-0.05, 0) is 31.2 Å². The van der Waals surface area contributed by atoms with Crippen molar-refractivity contribution >= 4 is 0 Å². The molecule has 2 heteroatoms. The molecule has 0 aromatic heterocycles. The average Bonchev–Trinajstić information content (AvgIpc) is 2.97. The minimum Gasteiger partial charge on any atom is -0.497 e. The molecule has 2 nitrogen and oxygen atoms in total. The number of nitrogens with one attached hydrogen (secondary N) is 1. The van der Waals surface area contributed by atoms with Crippen LogP contribution in [0.2, 0.25) is 0 Å². The van der Waals surface area contributed by atoms with Crippen molar-refractivity contribution in [3.8, 4) is 5.75 Å². The van der Waals surface area contributed by atoms with Crippen LogP contribution in [0.5, 0.6) is 5.75 Å². The molecule has 0 heterocycles. The molecule has 0 radical (unpaired) electrons. The molecular weight excluding hydrogens is 162 g/mol. The van der Waals surface area contributed by atoms with Crippen LogP contribution in [0, 0.1) is 0 Å². The van der Waals surface area contributed by atoms with Gasteiger partial charge in [-0.1, -0.05) is 12.1 Å². The summed E-state index contributed by atoms with van der Waals surface area (Å²) in [5.41, 5.74) is 1.42. The maximum absolute atomic E-state index is 5.11. The lowest BCUT2D eigenvalue weighted by Gasteiger charge is -2.02. The van der Waals surface area contributed by atoms with Gasteiger partial charge in [0, 0.05) is 12.0 Å². The Hall–Kier alpha value is -1.02. The lowest BCUT2D eigenvalue weighted by Crippen LogP contribution is -2.10. The van der Waals surface area contributed by atoms with Crippen molar-refractivity contribution in [2.75, 3.05) is 14.2 Å². The third kappa shape index (κ3) is 1.68. The molecule has 13 heavy (non-hydrogen) atoms. The van der Waals surface area contributed by atoms with Crippen LogP contribution in [-0.4, -0.2) is 20.2 Å². The van der Waals surface area contributed by atoms with Crippen LogP contribution in [0.25, 0.3) is 0 Å². The van der Waals surface area contributed by atoms with Crippen molar-refractivity contribution < 1.29 is 4.74 Å². The summed E-state index contributed by atoms with van der Waals surface area (Å²) in [5, 5.41) is 3.28. The van der Waals surface area contributed by atoms with E-state index in [1.165, 1.54) is 12.0 Å². The minimum atomic E-state index is 0.688.